The normalized spacial score (nSPS) is 12.6. The van der Waals surface area contributed by atoms with Crippen molar-refractivity contribution in [2.24, 2.45) is 0 Å². The predicted molar refractivity (Wildman–Crippen MR) is 128 cm³/mol. The summed E-state index contributed by atoms with van der Waals surface area (Å²) in [5, 5.41) is 2.30. The fourth-order valence-electron chi connectivity index (χ4n) is 3.97. The third-order valence-corrected chi connectivity index (χ3v) is 10.3. The van der Waals surface area contributed by atoms with Gasteiger partial charge in [-0.15, -0.1) is 0 Å². The molecule has 0 aliphatic carbocycles. The van der Waals surface area contributed by atoms with Gasteiger partial charge in [-0.25, -0.2) is 4.79 Å². The number of nitrogens with zero attached hydrogens (tertiary/aromatic N) is 1. The molecule has 0 fully saturated rings. The van der Waals surface area contributed by atoms with E-state index in [0.717, 1.165) is 5.69 Å². The molecule has 3 aromatic rings. The van der Waals surface area contributed by atoms with Crippen molar-refractivity contribution in [2.75, 3.05) is 0 Å². The second kappa shape index (κ2) is 8.85. The van der Waals surface area contributed by atoms with Gasteiger partial charge in [0, 0.05) is 6.20 Å². The fraction of sp³-hybridized carbons (Fsp3) is 0.346. The second-order valence-electron chi connectivity index (χ2n) is 9.80. The average Bonchev–Trinajstić information content (AvgIpc) is 3.17. The number of hydrogen-bond acceptors (Lipinski definition) is 3. The molecule has 0 N–H and O–H groups in total. The van der Waals surface area contributed by atoms with Crippen LogP contribution in [-0.2, 0) is 15.8 Å². The van der Waals surface area contributed by atoms with Crippen molar-refractivity contribution in [1.82, 2.24) is 4.57 Å². The van der Waals surface area contributed by atoms with Crippen LogP contribution in [0.2, 0.25) is 5.04 Å². The Morgan fingerprint density at radius 2 is 1.32 bits per heavy atom. The predicted octanol–water partition coefficient (Wildman–Crippen LogP) is 5.35. The van der Waals surface area contributed by atoms with E-state index < -0.39 is 20.0 Å². The Hall–Kier alpha value is -2.63. The Morgan fingerprint density at radius 1 is 0.806 bits per heavy atom. The van der Waals surface area contributed by atoms with Crippen molar-refractivity contribution < 1.29 is 14.0 Å². The maximum Gasteiger partial charge on any atom is 0.418 e. The molecule has 0 aliphatic heterocycles. The maximum absolute atomic E-state index is 12.7. The highest BCUT2D eigenvalue weighted by Crippen LogP contribution is 2.37. The zero-order valence-electron chi connectivity index (χ0n) is 19.4. The topological polar surface area (TPSA) is 40.5 Å². The molecule has 0 saturated heterocycles. The van der Waals surface area contributed by atoms with Crippen molar-refractivity contribution in [3.8, 4) is 0 Å². The number of ether oxygens (including phenoxy) is 1. The van der Waals surface area contributed by atoms with E-state index in [4.69, 9.17) is 9.16 Å². The summed E-state index contributed by atoms with van der Waals surface area (Å²) in [6.07, 6.45) is 1.34. The number of rotatable bonds is 5. The van der Waals surface area contributed by atoms with Crippen molar-refractivity contribution in [1.29, 1.82) is 0 Å². The molecular weight excluding hydrogens is 402 g/mol. The van der Waals surface area contributed by atoms with Crippen LogP contribution < -0.4 is 10.4 Å². The van der Waals surface area contributed by atoms with Crippen LogP contribution in [0.1, 0.15) is 47.2 Å². The average molecular weight is 436 g/mol. The lowest BCUT2D eigenvalue weighted by Gasteiger charge is -2.43. The fourth-order valence-corrected chi connectivity index (χ4v) is 8.49. The number of carbonyl (C=O) groups is 1. The highest BCUT2D eigenvalue weighted by atomic mass is 28.4. The molecule has 0 bridgehead atoms. The molecule has 0 saturated carbocycles. The van der Waals surface area contributed by atoms with Crippen LogP contribution in [0.3, 0.4) is 0 Å². The molecule has 4 nitrogen and oxygen atoms in total. The summed E-state index contributed by atoms with van der Waals surface area (Å²) in [6, 6.07) is 24.8. The van der Waals surface area contributed by atoms with Gasteiger partial charge >= 0.3 is 6.09 Å². The first kappa shape index (κ1) is 23.0. The van der Waals surface area contributed by atoms with Gasteiger partial charge in [-0.3, -0.25) is 4.57 Å². The van der Waals surface area contributed by atoms with E-state index in [1.807, 2.05) is 45.0 Å². The van der Waals surface area contributed by atoms with Gasteiger partial charge in [0.1, 0.15) is 5.60 Å². The molecule has 0 unspecified atom stereocenters. The molecule has 5 heteroatoms. The van der Waals surface area contributed by atoms with E-state index >= 15 is 0 Å². The third-order valence-electron chi connectivity index (χ3n) is 5.28. The summed E-state index contributed by atoms with van der Waals surface area (Å²) in [5.41, 5.74) is 0.222. The Labute approximate surface area is 187 Å². The molecule has 1 heterocycles. The number of aromatic nitrogens is 1. The van der Waals surface area contributed by atoms with E-state index in [1.54, 1.807) is 10.8 Å². The summed E-state index contributed by atoms with van der Waals surface area (Å²) >= 11 is 0. The minimum Gasteiger partial charge on any atom is -0.443 e. The van der Waals surface area contributed by atoms with Crippen LogP contribution in [0, 0.1) is 0 Å². The number of benzene rings is 2. The monoisotopic (exact) mass is 435 g/mol. The van der Waals surface area contributed by atoms with Crippen LogP contribution in [0.25, 0.3) is 0 Å². The molecule has 0 spiro atoms. The van der Waals surface area contributed by atoms with Gasteiger partial charge in [-0.05, 0) is 48.3 Å². The van der Waals surface area contributed by atoms with Crippen molar-refractivity contribution in [3.63, 3.8) is 0 Å². The SMILES string of the molecule is CC(C)(C)OC(=O)n1cccc1CO[Si](c1ccccc1)(c1ccccc1)C(C)(C)C. The van der Waals surface area contributed by atoms with Gasteiger partial charge in [0.15, 0.2) is 0 Å². The van der Waals surface area contributed by atoms with Gasteiger partial charge in [0.25, 0.3) is 8.32 Å². The lowest BCUT2D eigenvalue weighted by Crippen LogP contribution is -2.66. The standard InChI is InChI=1S/C26H33NO3Si/c1-25(2,3)30-24(28)27-19-13-14-21(27)20-29-31(26(4,5)6,22-15-9-7-10-16-22)23-17-11-8-12-18-23/h7-19H,20H2,1-6H3. The largest absolute Gasteiger partial charge is 0.443 e. The first-order chi connectivity index (χ1) is 14.5. The Kier molecular flexibility index (Phi) is 6.58. The van der Waals surface area contributed by atoms with Gasteiger partial charge in [0.05, 0.1) is 12.3 Å². The zero-order valence-corrected chi connectivity index (χ0v) is 20.4. The Bertz CT molecular complexity index is 959. The third kappa shape index (κ3) is 5.00. The Morgan fingerprint density at radius 3 is 1.77 bits per heavy atom. The quantitative estimate of drug-likeness (QED) is 0.507. The van der Waals surface area contributed by atoms with Crippen LogP contribution in [0.5, 0.6) is 0 Å². The molecule has 3 rings (SSSR count). The number of carbonyl (C=O) groups excluding carboxylic acids is 1. The van der Waals surface area contributed by atoms with Crippen LogP contribution in [0.4, 0.5) is 4.79 Å². The first-order valence-electron chi connectivity index (χ1n) is 10.7. The van der Waals surface area contributed by atoms with Gasteiger partial charge in [0.2, 0.25) is 0 Å². The van der Waals surface area contributed by atoms with E-state index in [-0.39, 0.29) is 5.04 Å². The first-order valence-corrected chi connectivity index (χ1v) is 12.6. The molecule has 0 atom stereocenters. The molecule has 0 radical (unpaired) electrons. The highest BCUT2D eigenvalue weighted by Gasteiger charge is 2.50. The molecule has 0 amide bonds. The van der Waals surface area contributed by atoms with Gasteiger partial charge < -0.3 is 9.16 Å². The minimum atomic E-state index is -2.68. The van der Waals surface area contributed by atoms with Crippen molar-refractivity contribution in [3.05, 3.63) is 84.7 Å². The van der Waals surface area contributed by atoms with E-state index in [2.05, 4.69) is 69.3 Å². The molecule has 164 valence electrons. The van der Waals surface area contributed by atoms with E-state index in [9.17, 15) is 4.79 Å². The molecular formula is C26H33NO3Si. The van der Waals surface area contributed by atoms with E-state index in [1.165, 1.54) is 10.4 Å². The summed E-state index contributed by atoms with van der Waals surface area (Å²) < 4.78 is 14.1. The Balaban J connectivity index is 2.03. The summed E-state index contributed by atoms with van der Waals surface area (Å²) in [4.78, 5) is 12.7. The maximum atomic E-state index is 12.7. The van der Waals surface area contributed by atoms with E-state index in [0.29, 0.717) is 6.61 Å². The highest BCUT2D eigenvalue weighted by molar-refractivity contribution is 6.99. The van der Waals surface area contributed by atoms with Crippen LogP contribution in [0.15, 0.2) is 79.0 Å². The van der Waals surface area contributed by atoms with Gasteiger partial charge in [-0.1, -0.05) is 81.4 Å². The molecule has 31 heavy (non-hydrogen) atoms. The summed E-state index contributed by atoms with van der Waals surface area (Å²) in [6.45, 7) is 12.6. The number of hydrogen-bond donors (Lipinski definition) is 0. The summed E-state index contributed by atoms with van der Waals surface area (Å²) in [7, 11) is -2.68. The van der Waals surface area contributed by atoms with Crippen LogP contribution in [-0.4, -0.2) is 24.6 Å². The lowest BCUT2D eigenvalue weighted by molar-refractivity contribution is 0.0527. The molecule has 0 aliphatic rings. The second-order valence-corrected chi connectivity index (χ2v) is 14.1. The molecule has 2 aromatic carbocycles. The van der Waals surface area contributed by atoms with Crippen molar-refractivity contribution >= 4 is 24.8 Å². The lowest BCUT2D eigenvalue weighted by atomic mass is 10.2. The smallest absolute Gasteiger partial charge is 0.418 e. The minimum absolute atomic E-state index is 0.126. The summed E-state index contributed by atoms with van der Waals surface area (Å²) in [5.74, 6) is 0. The zero-order chi connectivity index (χ0) is 22.7. The molecule has 1 aromatic heterocycles. The van der Waals surface area contributed by atoms with Gasteiger partial charge in [-0.2, -0.15) is 0 Å². The van der Waals surface area contributed by atoms with Crippen molar-refractivity contribution in [2.45, 2.75) is 58.8 Å². The van der Waals surface area contributed by atoms with Crippen LogP contribution >= 0.6 is 0 Å².